The topological polar surface area (TPSA) is 72.2 Å². The zero-order valence-corrected chi connectivity index (χ0v) is 9.77. The van der Waals surface area contributed by atoms with Crippen LogP contribution >= 0.6 is 0 Å². The summed E-state index contributed by atoms with van der Waals surface area (Å²) in [5.74, 6) is -0.0242. The Balaban J connectivity index is 2.44. The Hall–Kier alpha value is -1.91. The first-order valence-corrected chi connectivity index (χ1v) is 5.59. The van der Waals surface area contributed by atoms with E-state index < -0.39 is 4.92 Å². The van der Waals surface area contributed by atoms with Crippen molar-refractivity contribution in [2.75, 3.05) is 5.32 Å². The molecule has 0 bridgehead atoms. The number of carbonyl (C=O) groups excluding carboxylic acids is 1. The highest BCUT2D eigenvalue weighted by molar-refractivity contribution is 6.05. The molecule has 1 amide bonds. The fraction of sp³-hybridized carbons (Fsp3) is 0.417. The molecule has 1 N–H and O–H groups in total. The minimum atomic E-state index is -0.461. The minimum absolute atomic E-state index is 0.0258. The number of nitro benzene ring substituents is 1. The molecule has 5 nitrogen and oxygen atoms in total. The van der Waals surface area contributed by atoms with E-state index >= 15 is 0 Å². The van der Waals surface area contributed by atoms with Crippen molar-refractivity contribution in [3.8, 4) is 0 Å². The van der Waals surface area contributed by atoms with Crippen LogP contribution in [0.15, 0.2) is 18.2 Å². The highest BCUT2D eigenvalue weighted by Crippen LogP contribution is 2.41. The van der Waals surface area contributed by atoms with E-state index in [4.69, 9.17) is 0 Å². The molecule has 17 heavy (non-hydrogen) atoms. The van der Waals surface area contributed by atoms with E-state index in [0.717, 1.165) is 5.56 Å². The van der Waals surface area contributed by atoms with E-state index in [1.165, 1.54) is 6.07 Å². The Morgan fingerprint density at radius 1 is 1.47 bits per heavy atom. The molecule has 0 saturated carbocycles. The van der Waals surface area contributed by atoms with Gasteiger partial charge < -0.3 is 5.32 Å². The van der Waals surface area contributed by atoms with Crippen LogP contribution in [0.4, 0.5) is 11.4 Å². The molecule has 90 valence electrons. The molecule has 5 heteroatoms. The van der Waals surface area contributed by atoms with E-state index in [1.54, 1.807) is 12.1 Å². The second kappa shape index (κ2) is 4.16. The Kier molecular flexibility index (Phi) is 2.83. The summed E-state index contributed by atoms with van der Waals surface area (Å²) >= 11 is 0. The summed E-state index contributed by atoms with van der Waals surface area (Å²) in [6.45, 7) is 4.06. The van der Waals surface area contributed by atoms with Gasteiger partial charge in [0.25, 0.3) is 5.69 Å². The van der Waals surface area contributed by atoms with Gasteiger partial charge in [-0.1, -0.05) is 26.0 Å². The molecule has 0 aliphatic carbocycles. The Labute approximate surface area is 99.0 Å². The van der Waals surface area contributed by atoms with Crippen LogP contribution in [-0.2, 0) is 4.79 Å². The summed E-state index contributed by atoms with van der Waals surface area (Å²) in [4.78, 5) is 22.2. The van der Waals surface area contributed by atoms with Crippen molar-refractivity contribution in [2.45, 2.75) is 26.2 Å². The molecule has 1 aromatic carbocycles. The number of rotatable bonds is 3. The van der Waals surface area contributed by atoms with Crippen molar-refractivity contribution in [1.29, 1.82) is 0 Å². The average molecular weight is 234 g/mol. The fourth-order valence-electron chi connectivity index (χ4n) is 2.19. The number of benzene rings is 1. The van der Waals surface area contributed by atoms with E-state index in [9.17, 15) is 14.9 Å². The quantitative estimate of drug-likeness (QED) is 0.645. The number of fused-ring (bicyclic) bond motifs is 1. The second-order valence-electron chi connectivity index (χ2n) is 4.67. The number of para-hydroxylation sites is 1. The molecule has 1 aliphatic rings. The molecule has 1 atom stereocenters. The van der Waals surface area contributed by atoms with Crippen molar-refractivity contribution >= 4 is 17.3 Å². The highest BCUT2D eigenvalue weighted by atomic mass is 16.6. The van der Waals surface area contributed by atoms with Gasteiger partial charge in [-0.05, 0) is 17.9 Å². The van der Waals surface area contributed by atoms with Gasteiger partial charge in [-0.2, -0.15) is 0 Å². The number of nitrogens with zero attached hydrogens (tertiary/aromatic N) is 1. The lowest BCUT2D eigenvalue weighted by Gasteiger charge is -2.10. The van der Waals surface area contributed by atoms with Crippen LogP contribution in [0, 0.1) is 16.0 Å². The van der Waals surface area contributed by atoms with Gasteiger partial charge in [-0.3, -0.25) is 14.9 Å². The van der Waals surface area contributed by atoms with Gasteiger partial charge in [0.1, 0.15) is 5.69 Å². The molecule has 1 unspecified atom stereocenters. The summed E-state index contributed by atoms with van der Waals surface area (Å²) in [5.41, 5.74) is 1.09. The lowest BCUT2D eigenvalue weighted by atomic mass is 9.91. The first-order valence-electron chi connectivity index (χ1n) is 5.59. The minimum Gasteiger partial charge on any atom is -0.320 e. The van der Waals surface area contributed by atoms with Crippen LogP contribution in [-0.4, -0.2) is 10.8 Å². The van der Waals surface area contributed by atoms with Gasteiger partial charge >= 0.3 is 0 Å². The summed E-state index contributed by atoms with van der Waals surface area (Å²) in [5, 5.41) is 13.5. The van der Waals surface area contributed by atoms with Crippen molar-refractivity contribution in [2.24, 2.45) is 5.92 Å². The van der Waals surface area contributed by atoms with Gasteiger partial charge in [0.05, 0.1) is 10.8 Å². The predicted octanol–water partition coefficient (Wildman–Crippen LogP) is 2.68. The maximum absolute atomic E-state index is 11.8. The van der Waals surface area contributed by atoms with Crippen LogP contribution in [0.25, 0.3) is 0 Å². The maximum Gasteiger partial charge on any atom is 0.293 e. The first-order chi connectivity index (χ1) is 8.00. The smallest absolute Gasteiger partial charge is 0.293 e. The molecule has 2 rings (SSSR count). The molecule has 1 heterocycles. The molecule has 0 spiro atoms. The lowest BCUT2D eigenvalue weighted by Crippen LogP contribution is -2.13. The summed E-state index contributed by atoms with van der Waals surface area (Å²) < 4.78 is 0. The highest BCUT2D eigenvalue weighted by Gasteiger charge is 2.35. The maximum atomic E-state index is 11.8. The molecular formula is C12H14N2O3. The molecule has 1 aromatic rings. The monoisotopic (exact) mass is 234 g/mol. The summed E-state index contributed by atoms with van der Waals surface area (Å²) in [6.07, 6.45) is 0.708. The predicted molar refractivity (Wildman–Crippen MR) is 63.9 cm³/mol. The Morgan fingerprint density at radius 2 is 2.18 bits per heavy atom. The number of nitrogens with one attached hydrogen (secondary N) is 1. The number of amides is 1. The summed E-state index contributed by atoms with van der Waals surface area (Å²) in [7, 11) is 0. The van der Waals surface area contributed by atoms with E-state index in [1.807, 2.05) is 13.8 Å². The second-order valence-corrected chi connectivity index (χ2v) is 4.67. The zero-order chi connectivity index (χ0) is 12.6. The van der Waals surface area contributed by atoms with E-state index in [-0.39, 0.29) is 17.5 Å². The fourth-order valence-corrected chi connectivity index (χ4v) is 2.19. The van der Waals surface area contributed by atoms with Crippen molar-refractivity contribution in [3.63, 3.8) is 0 Å². The molecule has 0 radical (unpaired) electrons. The number of anilines is 1. The normalized spacial score (nSPS) is 18.1. The van der Waals surface area contributed by atoms with Crippen LogP contribution < -0.4 is 5.32 Å². The van der Waals surface area contributed by atoms with Gasteiger partial charge in [0.15, 0.2) is 0 Å². The van der Waals surface area contributed by atoms with Crippen molar-refractivity contribution in [1.82, 2.24) is 0 Å². The third-order valence-electron chi connectivity index (χ3n) is 2.92. The number of hydrogen-bond acceptors (Lipinski definition) is 3. The van der Waals surface area contributed by atoms with Crippen molar-refractivity contribution < 1.29 is 9.72 Å². The standard InChI is InChI=1S/C12H14N2O3/c1-7(2)6-9-8-4-3-5-10(14(16)17)11(8)13-12(9)15/h3-5,7,9H,6H2,1-2H3,(H,13,15). The third-order valence-corrected chi connectivity index (χ3v) is 2.92. The van der Waals surface area contributed by atoms with Gasteiger partial charge in [0.2, 0.25) is 5.91 Å². The van der Waals surface area contributed by atoms with Gasteiger partial charge in [-0.15, -0.1) is 0 Å². The van der Waals surface area contributed by atoms with Gasteiger partial charge in [-0.25, -0.2) is 0 Å². The number of carbonyl (C=O) groups is 1. The first kappa shape index (κ1) is 11.6. The van der Waals surface area contributed by atoms with Crippen LogP contribution in [0.2, 0.25) is 0 Å². The third kappa shape index (κ3) is 2.00. The van der Waals surface area contributed by atoms with Crippen LogP contribution in [0.5, 0.6) is 0 Å². The summed E-state index contributed by atoms with van der Waals surface area (Å²) in [6, 6.07) is 4.83. The Bertz CT molecular complexity index is 483. The van der Waals surface area contributed by atoms with E-state index in [0.29, 0.717) is 18.0 Å². The molecular weight excluding hydrogens is 220 g/mol. The van der Waals surface area contributed by atoms with Gasteiger partial charge in [0, 0.05) is 6.07 Å². The molecule has 1 aliphatic heterocycles. The molecule has 0 aromatic heterocycles. The van der Waals surface area contributed by atoms with Crippen LogP contribution in [0.3, 0.4) is 0 Å². The molecule has 0 saturated heterocycles. The number of nitro groups is 1. The Morgan fingerprint density at radius 3 is 2.76 bits per heavy atom. The number of hydrogen-bond donors (Lipinski definition) is 1. The van der Waals surface area contributed by atoms with E-state index in [2.05, 4.69) is 5.32 Å². The van der Waals surface area contributed by atoms with Crippen molar-refractivity contribution in [3.05, 3.63) is 33.9 Å². The van der Waals surface area contributed by atoms with Crippen LogP contribution in [0.1, 0.15) is 31.7 Å². The SMILES string of the molecule is CC(C)CC1C(=O)Nc2c1cccc2[N+](=O)[O-]. The lowest BCUT2D eigenvalue weighted by molar-refractivity contribution is -0.383. The average Bonchev–Trinajstić information content (AvgIpc) is 2.54. The largest absolute Gasteiger partial charge is 0.320 e. The molecule has 0 fully saturated rings. The zero-order valence-electron chi connectivity index (χ0n) is 9.77.